The molecule has 0 spiro atoms. The largest absolute Gasteiger partial charge is 0.399 e. The molecule has 1 aliphatic heterocycles. The number of piperidine rings is 1. The Morgan fingerprint density at radius 3 is 2.94 bits per heavy atom. The summed E-state index contributed by atoms with van der Waals surface area (Å²) in [6.07, 6.45) is 2.61. The molecule has 1 atom stereocenters. The molecule has 100 valence electrons. The topological polar surface area (TPSA) is 32.5 Å². The minimum Gasteiger partial charge on any atom is -0.399 e. The number of nitrogen functional groups attached to an aromatic ring is 1. The fourth-order valence-corrected chi connectivity index (χ4v) is 2.77. The van der Waals surface area contributed by atoms with Gasteiger partial charge < -0.3 is 10.6 Å². The highest BCUT2D eigenvalue weighted by atomic mass is 15.2. The van der Waals surface area contributed by atoms with Gasteiger partial charge in [-0.25, -0.2) is 0 Å². The van der Waals surface area contributed by atoms with Gasteiger partial charge >= 0.3 is 0 Å². The Morgan fingerprint density at radius 1 is 1.44 bits per heavy atom. The number of likely N-dealkylation sites (N-methyl/N-ethyl adjacent to an activating group) is 2. The highest BCUT2D eigenvalue weighted by molar-refractivity contribution is 5.49. The van der Waals surface area contributed by atoms with Crippen LogP contribution in [-0.4, -0.2) is 43.0 Å². The quantitative estimate of drug-likeness (QED) is 0.830. The first kappa shape index (κ1) is 13.4. The summed E-state index contributed by atoms with van der Waals surface area (Å²) in [5.74, 6) is 0. The second-order valence-corrected chi connectivity index (χ2v) is 5.60. The third-order valence-electron chi connectivity index (χ3n) is 4.13. The lowest BCUT2D eigenvalue weighted by Crippen LogP contribution is -2.44. The van der Waals surface area contributed by atoms with Crippen LogP contribution in [0.15, 0.2) is 18.2 Å². The minimum atomic E-state index is 0.671. The molecule has 2 rings (SSSR count). The van der Waals surface area contributed by atoms with E-state index in [0.29, 0.717) is 6.04 Å². The Balaban J connectivity index is 2.02. The molecule has 1 fully saturated rings. The number of anilines is 1. The van der Waals surface area contributed by atoms with Crippen molar-refractivity contribution in [3.8, 4) is 0 Å². The summed E-state index contributed by atoms with van der Waals surface area (Å²) in [5, 5.41) is 0. The van der Waals surface area contributed by atoms with Crippen molar-refractivity contribution >= 4 is 5.69 Å². The Kier molecular flexibility index (Phi) is 4.25. The van der Waals surface area contributed by atoms with E-state index in [2.05, 4.69) is 43.0 Å². The molecule has 0 saturated carbocycles. The van der Waals surface area contributed by atoms with Crippen molar-refractivity contribution in [3.05, 3.63) is 29.3 Å². The average molecular weight is 247 g/mol. The monoisotopic (exact) mass is 247 g/mol. The van der Waals surface area contributed by atoms with Crippen molar-refractivity contribution in [2.75, 3.05) is 32.9 Å². The average Bonchev–Trinajstić information content (AvgIpc) is 2.35. The Bertz CT molecular complexity index is 403. The molecule has 0 aliphatic carbocycles. The Hall–Kier alpha value is -1.06. The van der Waals surface area contributed by atoms with Crippen LogP contribution in [0.3, 0.4) is 0 Å². The van der Waals surface area contributed by atoms with Crippen LogP contribution >= 0.6 is 0 Å². The van der Waals surface area contributed by atoms with Crippen molar-refractivity contribution in [2.45, 2.75) is 32.4 Å². The normalized spacial score (nSPS) is 21.4. The molecule has 3 heteroatoms. The van der Waals surface area contributed by atoms with E-state index in [9.17, 15) is 0 Å². The molecule has 1 heterocycles. The molecule has 0 amide bonds. The lowest BCUT2D eigenvalue weighted by atomic mass is 10.0. The van der Waals surface area contributed by atoms with E-state index < -0.39 is 0 Å². The minimum absolute atomic E-state index is 0.671. The van der Waals surface area contributed by atoms with Crippen molar-refractivity contribution in [2.24, 2.45) is 0 Å². The molecule has 1 aromatic carbocycles. The maximum Gasteiger partial charge on any atom is 0.0346 e. The Morgan fingerprint density at radius 2 is 2.22 bits per heavy atom. The van der Waals surface area contributed by atoms with Crippen molar-refractivity contribution in [3.63, 3.8) is 0 Å². The number of likely N-dealkylation sites (tertiary alicyclic amines) is 1. The molecule has 18 heavy (non-hydrogen) atoms. The van der Waals surface area contributed by atoms with Crippen molar-refractivity contribution in [1.82, 2.24) is 9.80 Å². The fraction of sp³-hybridized carbons (Fsp3) is 0.600. The van der Waals surface area contributed by atoms with Crippen LogP contribution in [0.1, 0.15) is 24.0 Å². The van der Waals surface area contributed by atoms with E-state index in [4.69, 9.17) is 5.73 Å². The van der Waals surface area contributed by atoms with Crippen LogP contribution < -0.4 is 5.73 Å². The second kappa shape index (κ2) is 5.72. The van der Waals surface area contributed by atoms with Crippen LogP contribution in [0.4, 0.5) is 5.69 Å². The molecule has 0 radical (unpaired) electrons. The first-order chi connectivity index (χ1) is 8.58. The summed E-state index contributed by atoms with van der Waals surface area (Å²) in [6, 6.07) is 6.89. The van der Waals surface area contributed by atoms with E-state index in [-0.39, 0.29) is 0 Å². The first-order valence-corrected chi connectivity index (χ1v) is 6.80. The van der Waals surface area contributed by atoms with Crippen LogP contribution in [0, 0.1) is 6.92 Å². The van der Waals surface area contributed by atoms with Gasteiger partial charge in [-0.1, -0.05) is 12.1 Å². The number of hydrogen-bond donors (Lipinski definition) is 1. The van der Waals surface area contributed by atoms with Gasteiger partial charge in [-0.3, -0.25) is 4.90 Å². The maximum atomic E-state index is 5.97. The zero-order valence-electron chi connectivity index (χ0n) is 11.8. The molecule has 3 nitrogen and oxygen atoms in total. The number of nitrogens with zero attached hydrogens (tertiary/aromatic N) is 2. The summed E-state index contributed by atoms with van der Waals surface area (Å²) in [6.45, 7) is 5.53. The van der Waals surface area contributed by atoms with Gasteiger partial charge in [-0.2, -0.15) is 0 Å². The van der Waals surface area contributed by atoms with Gasteiger partial charge in [0.15, 0.2) is 0 Å². The van der Waals surface area contributed by atoms with Gasteiger partial charge in [-0.05, 0) is 57.6 Å². The third-order valence-corrected chi connectivity index (χ3v) is 4.13. The molecule has 2 N–H and O–H groups in total. The maximum absolute atomic E-state index is 5.97. The predicted octanol–water partition coefficient (Wildman–Crippen LogP) is 2.10. The lowest BCUT2D eigenvalue weighted by molar-refractivity contribution is 0.129. The summed E-state index contributed by atoms with van der Waals surface area (Å²) in [5.41, 5.74) is 9.46. The third kappa shape index (κ3) is 3.03. The van der Waals surface area contributed by atoms with E-state index in [1.807, 2.05) is 6.07 Å². The summed E-state index contributed by atoms with van der Waals surface area (Å²) >= 11 is 0. The number of nitrogens with two attached hydrogens (primary N) is 1. The van der Waals surface area contributed by atoms with Crippen molar-refractivity contribution in [1.29, 1.82) is 0 Å². The first-order valence-electron chi connectivity index (χ1n) is 6.80. The molecule has 1 aromatic rings. The van der Waals surface area contributed by atoms with Crippen molar-refractivity contribution < 1.29 is 0 Å². The molecule has 1 unspecified atom stereocenters. The van der Waals surface area contributed by atoms with Crippen LogP contribution in [-0.2, 0) is 6.54 Å². The van der Waals surface area contributed by atoms with Crippen LogP contribution in [0.25, 0.3) is 0 Å². The van der Waals surface area contributed by atoms with Gasteiger partial charge in [-0.15, -0.1) is 0 Å². The number of hydrogen-bond acceptors (Lipinski definition) is 3. The number of rotatable bonds is 3. The summed E-state index contributed by atoms with van der Waals surface area (Å²) < 4.78 is 0. The van der Waals surface area contributed by atoms with E-state index in [1.54, 1.807) is 0 Å². The highest BCUT2D eigenvalue weighted by Crippen LogP contribution is 2.20. The predicted molar refractivity (Wildman–Crippen MR) is 77.6 cm³/mol. The zero-order chi connectivity index (χ0) is 13.1. The van der Waals surface area contributed by atoms with Gasteiger partial charge in [0, 0.05) is 24.8 Å². The van der Waals surface area contributed by atoms with Crippen LogP contribution in [0.2, 0.25) is 0 Å². The molecule has 1 saturated heterocycles. The fourth-order valence-electron chi connectivity index (χ4n) is 2.77. The zero-order valence-corrected chi connectivity index (χ0v) is 11.8. The smallest absolute Gasteiger partial charge is 0.0346 e. The molecule has 0 aromatic heterocycles. The SMILES string of the molecule is Cc1c(N)cccc1CN(C)C1CCCN(C)C1. The summed E-state index contributed by atoms with van der Waals surface area (Å²) in [7, 11) is 4.44. The van der Waals surface area contributed by atoms with E-state index in [1.165, 1.54) is 37.1 Å². The molecule has 0 bridgehead atoms. The van der Waals surface area contributed by atoms with Gasteiger partial charge in [0.05, 0.1) is 0 Å². The summed E-state index contributed by atoms with van der Waals surface area (Å²) in [4.78, 5) is 4.90. The highest BCUT2D eigenvalue weighted by Gasteiger charge is 2.21. The molecular formula is C15H25N3. The lowest BCUT2D eigenvalue weighted by Gasteiger charge is -2.36. The van der Waals surface area contributed by atoms with Crippen LogP contribution in [0.5, 0.6) is 0 Å². The molecular weight excluding hydrogens is 222 g/mol. The van der Waals surface area contributed by atoms with Gasteiger partial charge in [0.25, 0.3) is 0 Å². The van der Waals surface area contributed by atoms with Gasteiger partial charge in [0.2, 0.25) is 0 Å². The van der Waals surface area contributed by atoms with E-state index >= 15 is 0 Å². The molecule has 1 aliphatic rings. The standard InChI is InChI=1S/C15H25N3/c1-12-13(6-4-8-15(12)16)10-18(3)14-7-5-9-17(2)11-14/h4,6,8,14H,5,7,9-11,16H2,1-3H3. The van der Waals surface area contributed by atoms with Gasteiger partial charge in [0.1, 0.15) is 0 Å². The number of benzene rings is 1. The van der Waals surface area contributed by atoms with E-state index in [0.717, 1.165) is 12.2 Å². The Labute approximate surface area is 111 Å². The second-order valence-electron chi connectivity index (χ2n) is 5.60.